The topological polar surface area (TPSA) is 78.2 Å². The van der Waals surface area contributed by atoms with Crippen molar-refractivity contribution < 1.29 is 0 Å². The number of aromatic amines is 1. The van der Waals surface area contributed by atoms with Crippen LogP contribution in [0.3, 0.4) is 0 Å². The summed E-state index contributed by atoms with van der Waals surface area (Å²) in [6.07, 6.45) is 0. The van der Waals surface area contributed by atoms with Gasteiger partial charge in [-0.1, -0.05) is 0 Å². The van der Waals surface area contributed by atoms with Crippen LogP contribution in [0.25, 0.3) is 0 Å². The lowest BCUT2D eigenvalue weighted by Gasteiger charge is -2.36. The van der Waals surface area contributed by atoms with Gasteiger partial charge in [-0.15, -0.1) is 0 Å². The number of hydrogen-bond donors (Lipinski definition) is 2. The molecule has 1 aromatic heterocycles. The number of hydrogen-bond acceptors (Lipinski definition) is 5. The minimum atomic E-state index is -0.144. The number of rotatable bonds is 1. The van der Waals surface area contributed by atoms with Crippen LogP contribution in [0.2, 0.25) is 0 Å². The highest BCUT2D eigenvalue weighted by atomic mass is 16.1. The number of nitrogen functional groups attached to an aromatic ring is 1. The summed E-state index contributed by atoms with van der Waals surface area (Å²) in [4.78, 5) is 23.2. The average Bonchev–Trinajstić information content (AvgIpc) is 2.28. The first-order chi connectivity index (χ1) is 7.99. The van der Waals surface area contributed by atoms with Crippen LogP contribution in [0.15, 0.2) is 4.79 Å². The fraction of sp³-hybridized carbons (Fsp3) is 0.636. The van der Waals surface area contributed by atoms with Gasteiger partial charge in [-0.2, -0.15) is 0 Å². The van der Waals surface area contributed by atoms with E-state index in [1.807, 2.05) is 7.05 Å². The molecule has 6 nitrogen and oxygen atoms in total. The Morgan fingerprint density at radius 3 is 2.76 bits per heavy atom. The summed E-state index contributed by atoms with van der Waals surface area (Å²) in [6.45, 7) is 4.51. The van der Waals surface area contributed by atoms with Crippen molar-refractivity contribution in [3.8, 4) is 0 Å². The highest BCUT2D eigenvalue weighted by Gasteiger charge is 2.26. The van der Waals surface area contributed by atoms with E-state index >= 15 is 0 Å². The lowest BCUT2D eigenvalue weighted by Crippen LogP contribution is -2.45. The Kier molecular flexibility index (Phi) is 3.17. The quantitative estimate of drug-likeness (QED) is 0.693. The zero-order valence-electron chi connectivity index (χ0n) is 10.5. The summed E-state index contributed by atoms with van der Waals surface area (Å²) in [5, 5.41) is 0. The summed E-state index contributed by atoms with van der Waals surface area (Å²) in [5.74, 6) is 0.984. The maximum Gasteiger partial charge on any atom is 0.255 e. The number of likely N-dealkylation sites (N-methyl/N-ethyl adjacent to an activating group) is 2. The first kappa shape index (κ1) is 12.1. The van der Waals surface area contributed by atoms with Crippen LogP contribution < -0.4 is 11.3 Å². The van der Waals surface area contributed by atoms with Crippen molar-refractivity contribution in [1.82, 2.24) is 19.8 Å². The molecular formula is C11H19N5O. The number of anilines is 1. The molecule has 6 heteroatoms. The van der Waals surface area contributed by atoms with Crippen LogP contribution in [-0.4, -0.2) is 53.5 Å². The summed E-state index contributed by atoms with van der Waals surface area (Å²) in [6, 6.07) is 0.101. The van der Waals surface area contributed by atoms with E-state index in [0.717, 1.165) is 19.6 Å². The Labute approximate surface area is 100 Å². The molecule has 1 saturated heterocycles. The molecule has 1 aliphatic heterocycles. The zero-order valence-corrected chi connectivity index (χ0v) is 10.5. The average molecular weight is 237 g/mol. The third-order valence-electron chi connectivity index (χ3n) is 3.37. The van der Waals surface area contributed by atoms with E-state index in [0.29, 0.717) is 17.2 Å². The minimum Gasteiger partial charge on any atom is -0.383 e. The van der Waals surface area contributed by atoms with Gasteiger partial charge in [0.15, 0.2) is 0 Å². The van der Waals surface area contributed by atoms with E-state index < -0.39 is 0 Å². The number of nitrogens with zero attached hydrogens (tertiary/aromatic N) is 3. The molecule has 3 N–H and O–H groups in total. The second-order valence-corrected chi connectivity index (χ2v) is 4.72. The molecule has 0 amide bonds. The van der Waals surface area contributed by atoms with E-state index in [4.69, 9.17) is 5.73 Å². The first-order valence-electron chi connectivity index (χ1n) is 5.74. The molecule has 0 spiro atoms. The highest BCUT2D eigenvalue weighted by Crippen LogP contribution is 2.20. The van der Waals surface area contributed by atoms with Gasteiger partial charge in [0.2, 0.25) is 0 Å². The predicted octanol–water partition coefficient (Wildman–Crippen LogP) is -0.421. The Morgan fingerprint density at radius 1 is 1.41 bits per heavy atom. The van der Waals surface area contributed by atoms with Crippen LogP contribution in [0, 0.1) is 6.92 Å². The number of piperazine rings is 1. The summed E-state index contributed by atoms with van der Waals surface area (Å²) < 4.78 is 0. The largest absolute Gasteiger partial charge is 0.383 e. The fourth-order valence-electron chi connectivity index (χ4n) is 2.03. The number of nitrogens with one attached hydrogen (secondary N) is 1. The third kappa shape index (κ3) is 2.32. The number of H-pyrrole nitrogens is 1. The molecule has 0 aromatic carbocycles. The van der Waals surface area contributed by atoms with Crippen LogP contribution in [0.1, 0.15) is 17.4 Å². The smallest absolute Gasteiger partial charge is 0.255 e. The Hall–Kier alpha value is -1.40. The summed E-state index contributed by atoms with van der Waals surface area (Å²) in [7, 11) is 4.10. The van der Waals surface area contributed by atoms with Crippen molar-refractivity contribution in [2.75, 3.05) is 39.5 Å². The maximum absolute atomic E-state index is 11.7. The van der Waals surface area contributed by atoms with Crippen LogP contribution in [0.5, 0.6) is 0 Å². The van der Waals surface area contributed by atoms with Gasteiger partial charge in [-0.05, 0) is 21.0 Å². The second kappa shape index (κ2) is 4.46. The van der Waals surface area contributed by atoms with E-state index in [1.54, 1.807) is 6.92 Å². The van der Waals surface area contributed by atoms with Crippen molar-refractivity contribution in [2.45, 2.75) is 13.0 Å². The molecule has 0 bridgehead atoms. The monoisotopic (exact) mass is 237 g/mol. The van der Waals surface area contributed by atoms with Gasteiger partial charge in [0, 0.05) is 19.6 Å². The molecule has 0 radical (unpaired) electrons. The maximum atomic E-state index is 11.7. The summed E-state index contributed by atoms with van der Waals surface area (Å²) in [5.41, 5.74) is 6.09. The van der Waals surface area contributed by atoms with Crippen molar-refractivity contribution in [3.63, 3.8) is 0 Å². The first-order valence-corrected chi connectivity index (χ1v) is 5.74. The van der Waals surface area contributed by atoms with Crippen molar-refractivity contribution in [1.29, 1.82) is 0 Å². The zero-order chi connectivity index (χ0) is 12.6. The van der Waals surface area contributed by atoms with Crippen molar-refractivity contribution in [2.24, 2.45) is 0 Å². The van der Waals surface area contributed by atoms with E-state index in [1.165, 1.54) is 0 Å². The molecule has 0 saturated carbocycles. The van der Waals surface area contributed by atoms with Gasteiger partial charge < -0.3 is 15.6 Å². The van der Waals surface area contributed by atoms with Gasteiger partial charge >= 0.3 is 0 Å². The summed E-state index contributed by atoms with van der Waals surface area (Å²) >= 11 is 0. The Morgan fingerprint density at radius 2 is 2.12 bits per heavy atom. The standard InChI is InChI=1S/C11H19N5O/c1-7-9(12)13-10(14-11(7)17)8-6-15(2)4-5-16(8)3/h8H,4-6H2,1-3H3,(H3,12,13,14,17). The molecule has 1 unspecified atom stereocenters. The van der Waals surface area contributed by atoms with Gasteiger partial charge in [-0.25, -0.2) is 4.98 Å². The molecule has 2 rings (SSSR count). The number of aromatic nitrogens is 2. The second-order valence-electron chi connectivity index (χ2n) is 4.72. The molecule has 1 aliphatic rings. The molecule has 17 heavy (non-hydrogen) atoms. The molecule has 94 valence electrons. The molecule has 1 aromatic rings. The lowest BCUT2D eigenvalue weighted by atomic mass is 10.1. The molecule has 1 atom stereocenters. The fourth-order valence-corrected chi connectivity index (χ4v) is 2.03. The van der Waals surface area contributed by atoms with Gasteiger partial charge in [0.05, 0.1) is 11.6 Å². The molecule has 1 fully saturated rings. The predicted molar refractivity (Wildman–Crippen MR) is 66.9 cm³/mol. The number of nitrogens with two attached hydrogens (primary N) is 1. The van der Waals surface area contributed by atoms with Crippen LogP contribution >= 0.6 is 0 Å². The van der Waals surface area contributed by atoms with Crippen molar-refractivity contribution in [3.05, 3.63) is 21.7 Å². The van der Waals surface area contributed by atoms with E-state index in [9.17, 15) is 4.79 Å². The Bertz CT molecular complexity index is 469. The SMILES string of the molecule is Cc1c(N)nc(C2CN(C)CCN2C)[nH]c1=O. The van der Waals surface area contributed by atoms with Crippen LogP contribution in [0.4, 0.5) is 5.82 Å². The van der Waals surface area contributed by atoms with Gasteiger partial charge in [0.25, 0.3) is 5.56 Å². The lowest BCUT2D eigenvalue weighted by molar-refractivity contribution is 0.109. The third-order valence-corrected chi connectivity index (χ3v) is 3.37. The normalized spacial score (nSPS) is 22.9. The van der Waals surface area contributed by atoms with Gasteiger partial charge in [0.1, 0.15) is 11.6 Å². The highest BCUT2D eigenvalue weighted by molar-refractivity contribution is 5.36. The minimum absolute atomic E-state index is 0.101. The molecular weight excluding hydrogens is 218 g/mol. The molecule has 2 heterocycles. The van der Waals surface area contributed by atoms with Crippen molar-refractivity contribution >= 4 is 5.82 Å². The Balaban J connectivity index is 2.36. The van der Waals surface area contributed by atoms with E-state index in [-0.39, 0.29) is 11.6 Å². The van der Waals surface area contributed by atoms with E-state index in [2.05, 4.69) is 26.8 Å². The molecule has 0 aliphatic carbocycles. The van der Waals surface area contributed by atoms with Crippen LogP contribution in [-0.2, 0) is 0 Å². The van der Waals surface area contributed by atoms with Gasteiger partial charge in [-0.3, -0.25) is 9.69 Å².